The molecule has 2 heterocycles. The second-order valence-corrected chi connectivity index (χ2v) is 6.27. The maximum atomic E-state index is 12.3. The molecule has 0 saturated carbocycles. The number of furan rings is 1. The number of carbonyl (C=O) groups is 1. The average molecular weight is 339 g/mol. The third kappa shape index (κ3) is 4.47. The predicted octanol–water partition coefficient (Wildman–Crippen LogP) is 2.68. The summed E-state index contributed by atoms with van der Waals surface area (Å²) in [4.78, 5) is 14.4. The van der Waals surface area contributed by atoms with Crippen molar-refractivity contribution in [3.8, 4) is 6.07 Å². The van der Waals surface area contributed by atoms with Gasteiger partial charge in [-0.25, -0.2) is 0 Å². The lowest BCUT2D eigenvalue weighted by Gasteiger charge is -2.25. The molecule has 2 N–H and O–H groups in total. The summed E-state index contributed by atoms with van der Waals surface area (Å²) in [5.74, 6) is 0.444. The van der Waals surface area contributed by atoms with E-state index in [1.54, 1.807) is 42.7 Å². The Kier molecular flexibility index (Phi) is 5.49. The molecule has 1 aromatic heterocycles. The first-order chi connectivity index (χ1) is 12.2. The Morgan fingerprint density at radius 2 is 2.32 bits per heavy atom. The highest BCUT2D eigenvalue weighted by Crippen LogP contribution is 2.27. The van der Waals surface area contributed by atoms with Gasteiger partial charge in [-0.15, -0.1) is 0 Å². The Balaban J connectivity index is 1.55. The average Bonchev–Trinajstić information content (AvgIpc) is 3.27. The normalized spacial score (nSPS) is 18.6. The summed E-state index contributed by atoms with van der Waals surface area (Å²) in [5, 5.41) is 22.0. The van der Waals surface area contributed by atoms with E-state index in [-0.39, 0.29) is 18.5 Å². The van der Waals surface area contributed by atoms with Crippen molar-refractivity contribution in [1.29, 1.82) is 5.26 Å². The Morgan fingerprint density at radius 3 is 3.08 bits per heavy atom. The van der Waals surface area contributed by atoms with Crippen LogP contribution in [0.5, 0.6) is 0 Å². The highest BCUT2D eigenvalue weighted by Gasteiger charge is 2.29. The van der Waals surface area contributed by atoms with Gasteiger partial charge in [-0.3, -0.25) is 9.69 Å². The third-order valence-electron chi connectivity index (χ3n) is 4.49. The van der Waals surface area contributed by atoms with Crippen LogP contribution in [-0.2, 0) is 4.79 Å². The molecule has 0 spiro atoms. The number of aliphatic hydroxyl groups is 1. The summed E-state index contributed by atoms with van der Waals surface area (Å²) in [5.41, 5.74) is 1.13. The van der Waals surface area contributed by atoms with Crippen molar-refractivity contribution in [2.75, 3.05) is 18.4 Å². The Labute approximate surface area is 146 Å². The first-order valence-corrected chi connectivity index (χ1v) is 8.41. The summed E-state index contributed by atoms with van der Waals surface area (Å²) in [6.07, 6.45) is 3.40. The molecule has 6 nitrogen and oxygen atoms in total. The molecule has 25 heavy (non-hydrogen) atoms. The Bertz CT molecular complexity index is 752. The van der Waals surface area contributed by atoms with Crippen LogP contribution in [0.15, 0.2) is 47.1 Å². The van der Waals surface area contributed by atoms with Gasteiger partial charge < -0.3 is 14.8 Å². The number of nitriles is 1. The van der Waals surface area contributed by atoms with Crippen molar-refractivity contribution in [2.24, 2.45) is 0 Å². The zero-order valence-electron chi connectivity index (χ0n) is 13.9. The summed E-state index contributed by atoms with van der Waals surface area (Å²) in [7, 11) is 0. The van der Waals surface area contributed by atoms with Gasteiger partial charge in [-0.2, -0.15) is 5.26 Å². The highest BCUT2D eigenvalue weighted by atomic mass is 16.4. The van der Waals surface area contributed by atoms with Crippen LogP contribution in [0.1, 0.15) is 36.7 Å². The minimum absolute atomic E-state index is 0.116. The van der Waals surface area contributed by atoms with Crippen molar-refractivity contribution in [3.63, 3.8) is 0 Å². The van der Waals surface area contributed by atoms with Crippen molar-refractivity contribution >= 4 is 11.6 Å². The molecule has 1 aliphatic heterocycles. The zero-order valence-corrected chi connectivity index (χ0v) is 13.9. The quantitative estimate of drug-likeness (QED) is 0.844. The molecule has 1 aromatic carbocycles. The second kappa shape index (κ2) is 7.97. The molecule has 6 heteroatoms. The first-order valence-electron chi connectivity index (χ1n) is 8.41. The largest absolute Gasteiger partial charge is 0.467 e. The molecule has 130 valence electrons. The molecule has 2 unspecified atom stereocenters. The monoisotopic (exact) mass is 339 g/mol. The predicted molar refractivity (Wildman–Crippen MR) is 92.7 cm³/mol. The van der Waals surface area contributed by atoms with Crippen molar-refractivity contribution < 1.29 is 14.3 Å². The summed E-state index contributed by atoms with van der Waals surface area (Å²) in [6.45, 7) is 1.10. The Morgan fingerprint density at radius 1 is 1.44 bits per heavy atom. The second-order valence-electron chi connectivity index (χ2n) is 6.27. The summed E-state index contributed by atoms with van der Waals surface area (Å²) in [6, 6.07) is 12.6. The molecular formula is C19H21N3O3. The van der Waals surface area contributed by atoms with Gasteiger partial charge in [0, 0.05) is 11.7 Å². The molecule has 0 radical (unpaired) electrons. The SMILES string of the molecule is N#Cc1cccc(NC(=O)CN2CCCC2CC(O)c2ccco2)c1. The van der Waals surface area contributed by atoms with Gasteiger partial charge in [0.2, 0.25) is 5.91 Å². The number of hydrogen-bond acceptors (Lipinski definition) is 5. The fourth-order valence-corrected chi connectivity index (χ4v) is 3.28. The van der Waals surface area contributed by atoms with E-state index in [1.165, 1.54) is 0 Å². The first kappa shape index (κ1) is 17.2. The lowest BCUT2D eigenvalue weighted by atomic mass is 10.1. The molecule has 3 rings (SSSR count). The van der Waals surface area contributed by atoms with Gasteiger partial charge in [0.1, 0.15) is 11.9 Å². The topological polar surface area (TPSA) is 89.5 Å². The van der Waals surface area contributed by atoms with Crippen LogP contribution in [-0.4, -0.2) is 35.0 Å². The van der Waals surface area contributed by atoms with E-state index in [9.17, 15) is 9.90 Å². The number of amides is 1. The van der Waals surface area contributed by atoms with E-state index in [2.05, 4.69) is 16.3 Å². The van der Waals surface area contributed by atoms with E-state index in [4.69, 9.17) is 9.68 Å². The summed E-state index contributed by atoms with van der Waals surface area (Å²) < 4.78 is 5.25. The van der Waals surface area contributed by atoms with Gasteiger partial charge >= 0.3 is 0 Å². The lowest BCUT2D eigenvalue weighted by molar-refractivity contribution is -0.117. The molecule has 0 bridgehead atoms. The van der Waals surface area contributed by atoms with Gasteiger partial charge in [0.25, 0.3) is 0 Å². The van der Waals surface area contributed by atoms with E-state index in [1.807, 2.05) is 0 Å². The number of likely N-dealkylation sites (tertiary alicyclic amines) is 1. The minimum atomic E-state index is -0.657. The molecule has 1 saturated heterocycles. The number of aliphatic hydroxyl groups excluding tert-OH is 1. The molecule has 1 aliphatic rings. The van der Waals surface area contributed by atoms with Crippen molar-refractivity contribution in [3.05, 3.63) is 54.0 Å². The number of hydrogen-bond donors (Lipinski definition) is 2. The van der Waals surface area contributed by atoms with Crippen LogP contribution >= 0.6 is 0 Å². The minimum Gasteiger partial charge on any atom is -0.467 e. The van der Waals surface area contributed by atoms with Crippen LogP contribution in [0.2, 0.25) is 0 Å². The van der Waals surface area contributed by atoms with Crippen LogP contribution in [0.25, 0.3) is 0 Å². The van der Waals surface area contributed by atoms with Crippen LogP contribution in [0, 0.1) is 11.3 Å². The Hall–Kier alpha value is -2.62. The van der Waals surface area contributed by atoms with Crippen molar-refractivity contribution in [1.82, 2.24) is 4.90 Å². The molecule has 2 aromatic rings. The van der Waals surface area contributed by atoms with Gasteiger partial charge in [-0.05, 0) is 56.1 Å². The molecular weight excluding hydrogens is 318 g/mol. The third-order valence-corrected chi connectivity index (χ3v) is 4.49. The van der Waals surface area contributed by atoms with Gasteiger partial charge in [0.15, 0.2) is 0 Å². The van der Waals surface area contributed by atoms with Crippen molar-refractivity contribution in [2.45, 2.75) is 31.4 Å². The maximum Gasteiger partial charge on any atom is 0.238 e. The van der Waals surface area contributed by atoms with E-state index in [0.29, 0.717) is 23.4 Å². The number of nitrogens with one attached hydrogen (secondary N) is 1. The summed E-state index contributed by atoms with van der Waals surface area (Å²) >= 11 is 0. The van der Waals surface area contributed by atoms with Crippen LogP contribution in [0.3, 0.4) is 0 Å². The van der Waals surface area contributed by atoms with Crippen LogP contribution in [0.4, 0.5) is 5.69 Å². The number of benzene rings is 1. The van der Waals surface area contributed by atoms with Crippen LogP contribution < -0.4 is 5.32 Å². The number of anilines is 1. The smallest absolute Gasteiger partial charge is 0.238 e. The lowest BCUT2D eigenvalue weighted by Crippen LogP contribution is -2.37. The standard InChI is InChI=1S/C19H21N3O3/c20-12-14-4-1-5-15(10-14)21-19(24)13-22-8-2-6-16(22)11-17(23)18-7-3-9-25-18/h1,3-5,7,9-10,16-17,23H,2,6,8,11,13H2,(H,21,24). The van der Waals surface area contributed by atoms with Gasteiger partial charge in [-0.1, -0.05) is 6.07 Å². The van der Waals surface area contributed by atoms with E-state index >= 15 is 0 Å². The molecule has 2 atom stereocenters. The number of nitrogens with zero attached hydrogens (tertiary/aromatic N) is 2. The fourth-order valence-electron chi connectivity index (χ4n) is 3.28. The zero-order chi connectivity index (χ0) is 17.6. The van der Waals surface area contributed by atoms with Gasteiger partial charge in [0.05, 0.1) is 24.4 Å². The fraction of sp³-hybridized carbons (Fsp3) is 0.368. The number of rotatable bonds is 6. The maximum absolute atomic E-state index is 12.3. The highest BCUT2D eigenvalue weighted by molar-refractivity contribution is 5.92. The van der Waals surface area contributed by atoms with E-state index in [0.717, 1.165) is 19.4 Å². The molecule has 1 amide bonds. The van der Waals surface area contributed by atoms with E-state index < -0.39 is 6.10 Å². The number of carbonyl (C=O) groups excluding carboxylic acids is 1. The molecule has 1 fully saturated rings. The molecule has 0 aliphatic carbocycles.